The first-order chi connectivity index (χ1) is 15.6. The third-order valence-electron chi connectivity index (χ3n) is 5.04. The second-order valence-corrected chi connectivity index (χ2v) is 10.3. The molecule has 3 rings (SSSR count). The van der Waals surface area contributed by atoms with Gasteiger partial charge in [0, 0.05) is 42.8 Å². The van der Waals surface area contributed by atoms with Gasteiger partial charge in [-0.05, 0) is 45.9 Å². The Morgan fingerprint density at radius 1 is 1.24 bits per heavy atom. The van der Waals surface area contributed by atoms with Gasteiger partial charge in [-0.25, -0.2) is 9.97 Å². The maximum atomic E-state index is 13.0. The number of ether oxygens (including phenoxy) is 1. The lowest BCUT2D eigenvalue weighted by molar-refractivity contribution is -0.119. The number of nitrogens with one attached hydrogen (secondary N) is 1. The van der Waals surface area contributed by atoms with Crippen molar-refractivity contribution >= 4 is 41.0 Å². The van der Waals surface area contributed by atoms with Crippen LogP contribution in [0.5, 0.6) is 5.75 Å². The molecule has 2 amide bonds. The van der Waals surface area contributed by atoms with Crippen LogP contribution < -0.4 is 15.0 Å². The molecule has 0 spiro atoms. The Bertz CT molecular complexity index is 1010. The third kappa shape index (κ3) is 6.98. The van der Waals surface area contributed by atoms with Gasteiger partial charge in [0.05, 0.1) is 12.9 Å². The van der Waals surface area contributed by atoms with Gasteiger partial charge in [-0.3, -0.25) is 9.59 Å². The van der Waals surface area contributed by atoms with E-state index >= 15 is 0 Å². The van der Waals surface area contributed by atoms with E-state index in [0.29, 0.717) is 47.1 Å². The highest BCUT2D eigenvalue weighted by Crippen LogP contribution is 2.25. The number of benzene rings is 1. The van der Waals surface area contributed by atoms with Crippen molar-refractivity contribution in [3.05, 3.63) is 41.0 Å². The van der Waals surface area contributed by atoms with Crippen molar-refractivity contribution in [1.29, 1.82) is 0 Å². The molecule has 33 heavy (non-hydrogen) atoms. The van der Waals surface area contributed by atoms with Crippen LogP contribution in [0.4, 0.5) is 5.82 Å². The Balaban J connectivity index is 1.65. The number of hydrogen-bond donors (Lipinski definition) is 1. The molecule has 0 saturated carbocycles. The minimum absolute atomic E-state index is 0.0251. The van der Waals surface area contributed by atoms with Crippen molar-refractivity contribution in [2.24, 2.45) is 0 Å². The van der Waals surface area contributed by atoms with Crippen LogP contribution in [0.15, 0.2) is 35.5 Å². The number of aromatic nitrogens is 2. The molecular weight excluding hydrogens is 462 g/mol. The number of hydrogen-bond acceptors (Lipinski definition) is 7. The molecule has 10 heteroatoms. The summed E-state index contributed by atoms with van der Waals surface area (Å²) in [6, 6.07) is 8.88. The van der Waals surface area contributed by atoms with Gasteiger partial charge in [-0.15, -0.1) is 0 Å². The lowest BCUT2D eigenvalue weighted by atomic mass is 10.1. The molecule has 2 heterocycles. The van der Waals surface area contributed by atoms with Gasteiger partial charge in [0.25, 0.3) is 5.91 Å². The topological polar surface area (TPSA) is 87.7 Å². The number of anilines is 1. The van der Waals surface area contributed by atoms with E-state index in [1.54, 1.807) is 25.3 Å². The predicted molar refractivity (Wildman–Crippen MR) is 131 cm³/mol. The Hall–Kier alpha value is -2.52. The molecule has 0 aliphatic carbocycles. The average molecular weight is 492 g/mol. The maximum Gasteiger partial charge on any atom is 0.254 e. The second kappa shape index (κ2) is 10.6. The van der Waals surface area contributed by atoms with E-state index in [-0.39, 0.29) is 29.1 Å². The first-order valence-corrected chi connectivity index (χ1v) is 12.1. The molecule has 1 aliphatic heterocycles. The molecule has 1 atom stereocenters. The molecule has 1 unspecified atom stereocenters. The molecule has 2 aromatic rings. The highest BCUT2D eigenvalue weighted by Gasteiger charge is 2.29. The number of methoxy groups -OCH3 is 1. The van der Waals surface area contributed by atoms with E-state index in [1.165, 1.54) is 11.8 Å². The first-order valence-electron chi connectivity index (χ1n) is 10.7. The van der Waals surface area contributed by atoms with Crippen LogP contribution in [0.1, 0.15) is 38.1 Å². The van der Waals surface area contributed by atoms with E-state index < -0.39 is 0 Å². The predicted octanol–water partition coefficient (Wildman–Crippen LogP) is 3.50. The summed E-state index contributed by atoms with van der Waals surface area (Å²) in [5, 5.41) is 3.69. The van der Waals surface area contributed by atoms with Crippen LogP contribution in [0, 0.1) is 0 Å². The lowest BCUT2D eigenvalue weighted by Crippen LogP contribution is -2.54. The fourth-order valence-corrected chi connectivity index (χ4v) is 4.47. The Kier molecular flexibility index (Phi) is 8.07. The minimum Gasteiger partial charge on any atom is -0.497 e. The zero-order chi connectivity index (χ0) is 24.2. The van der Waals surface area contributed by atoms with Crippen molar-refractivity contribution in [2.75, 3.05) is 37.4 Å². The molecule has 1 aromatic carbocycles. The molecule has 1 aliphatic rings. The van der Waals surface area contributed by atoms with Crippen molar-refractivity contribution < 1.29 is 14.3 Å². The molecule has 1 fully saturated rings. The maximum absolute atomic E-state index is 13.0. The molecule has 0 bridgehead atoms. The summed E-state index contributed by atoms with van der Waals surface area (Å²) in [5.41, 5.74) is 0.308. The number of carbonyl (C=O) groups excluding carboxylic acids is 2. The smallest absolute Gasteiger partial charge is 0.254 e. The van der Waals surface area contributed by atoms with E-state index in [4.69, 9.17) is 16.3 Å². The zero-order valence-corrected chi connectivity index (χ0v) is 21.2. The number of amides is 2. The summed E-state index contributed by atoms with van der Waals surface area (Å²) >= 11 is 7.49. The van der Waals surface area contributed by atoms with Gasteiger partial charge in [0.1, 0.15) is 16.7 Å². The summed E-state index contributed by atoms with van der Waals surface area (Å²) in [7, 11) is 1.58. The second-order valence-electron chi connectivity index (χ2n) is 8.94. The summed E-state index contributed by atoms with van der Waals surface area (Å²) in [6.07, 6.45) is 0. The van der Waals surface area contributed by atoms with Crippen molar-refractivity contribution in [3.8, 4) is 5.75 Å². The van der Waals surface area contributed by atoms with E-state index in [0.717, 1.165) is 0 Å². The SMILES string of the molecule is COc1cccc(C(=O)N2CCN(c3cc(Cl)nc(SCC(=O)NC(C)(C)C)n3)CC2C)c1. The van der Waals surface area contributed by atoms with E-state index in [2.05, 4.69) is 20.2 Å². The summed E-state index contributed by atoms with van der Waals surface area (Å²) in [5.74, 6) is 1.44. The standard InChI is InChI=1S/C23H30ClN5O3S/c1-15-13-28(9-10-29(15)21(31)16-7-6-8-17(11-16)32-5)19-12-18(24)25-22(26-19)33-14-20(30)27-23(2,3)4/h6-8,11-12,15H,9-10,13-14H2,1-5H3,(H,27,30). The number of halogens is 1. The molecule has 178 valence electrons. The van der Waals surface area contributed by atoms with Crippen molar-refractivity contribution in [1.82, 2.24) is 20.2 Å². The van der Waals surface area contributed by atoms with Gasteiger partial charge in [-0.2, -0.15) is 0 Å². The Morgan fingerprint density at radius 2 is 2.00 bits per heavy atom. The fourth-order valence-electron chi connectivity index (χ4n) is 3.59. The molecule has 1 saturated heterocycles. The van der Waals surface area contributed by atoms with Crippen molar-refractivity contribution in [2.45, 2.75) is 44.4 Å². The summed E-state index contributed by atoms with van der Waals surface area (Å²) in [4.78, 5) is 38.0. The van der Waals surface area contributed by atoms with Gasteiger partial charge < -0.3 is 19.9 Å². The Labute approximate surface area is 204 Å². The van der Waals surface area contributed by atoms with Crippen LogP contribution >= 0.6 is 23.4 Å². The zero-order valence-electron chi connectivity index (χ0n) is 19.6. The lowest BCUT2D eigenvalue weighted by Gasteiger charge is -2.40. The van der Waals surface area contributed by atoms with Crippen molar-refractivity contribution in [3.63, 3.8) is 0 Å². The van der Waals surface area contributed by atoms with Crippen LogP contribution in [0.2, 0.25) is 5.15 Å². The fraction of sp³-hybridized carbons (Fsp3) is 0.478. The highest BCUT2D eigenvalue weighted by molar-refractivity contribution is 7.99. The summed E-state index contributed by atoms with van der Waals surface area (Å²) < 4.78 is 5.24. The number of nitrogens with zero attached hydrogens (tertiary/aromatic N) is 4. The quantitative estimate of drug-likeness (QED) is 0.376. The highest BCUT2D eigenvalue weighted by atomic mass is 35.5. The first kappa shape index (κ1) is 25.1. The van der Waals surface area contributed by atoms with Gasteiger partial charge in [-0.1, -0.05) is 29.4 Å². The van der Waals surface area contributed by atoms with E-state index in [1.807, 2.05) is 44.7 Å². The average Bonchev–Trinajstić information content (AvgIpc) is 2.75. The summed E-state index contributed by atoms with van der Waals surface area (Å²) in [6.45, 7) is 9.59. The Morgan fingerprint density at radius 3 is 2.67 bits per heavy atom. The normalized spacial score (nSPS) is 16.5. The molecule has 8 nitrogen and oxygen atoms in total. The number of carbonyl (C=O) groups is 2. The largest absolute Gasteiger partial charge is 0.497 e. The molecule has 1 N–H and O–H groups in total. The van der Waals surface area contributed by atoms with Crippen LogP contribution in [0.3, 0.4) is 0 Å². The van der Waals surface area contributed by atoms with Gasteiger partial charge >= 0.3 is 0 Å². The number of thioether (sulfide) groups is 1. The van der Waals surface area contributed by atoms with Gasteiger partial charge in [0.15, 0.2) is 5.16 Å². The monoisotopic (exact) mass is 491 g/mol. The van der Waals surface area contributed by atoms with Crippen LogP contribution in [-0.2, 0) is 4.79 Å². The number of rotatable bonds is 6. The molecule has 1 aromatic heterocycles. The van der Waals surface area contributed by atoms with Gasteiger partial charge in [0.2, 0.25) is 5.91 Å². The minimum atomic E-state index is -0.296. The molecule has 0 radical (unpaired) electrons. The molecular formula is C23H30ClN5O3S. The van der Waals surface area contributed by atoms with E-state index in [9.17, 15) is 9.59 Å². The number of piperazine rings is 1. The third-order valence-corrected chi connectivity index (χ3v) is 6.08. The van der Waals surface area contributed by atoms with Crippen LogP contribution in [-0.4, -0.2) is 70.8 Å². The van der Waals surface area contributed by atoms with Crippen LogP contribution in [0.25, 0.3) is 0 Å².